The number of rotatable bonds is 24. The lowest BCUT2D eigenvalue weighted by Gasteiger charge is -2.34. The summed E-state index contributed by atoms with van der Waals surface area (Å²) in [6.07, 6.45) is -7.02. The minimum atomic E-state index is -1.88. The van der Waals surface area contributed by atoms with Crippen LogP contribution in [0.15, 0.2) is 0 Å². The number of hydrogen-bond acceptors (Lipinski definition) is 16. The zero-order valence-electron chi connectivity index (χ0n) is 24.4. The molecule has 0 aliphatic carbocycles. The molecule has 0 heterocycles. The third-order valence-corrected chi connectivity index (χ3v) is 4.72. The molecule has 43 heavy (non-hydrogen) atoms. The van der Waals surface area contributed by atoms with Gasteiger partial charge in [0.1, 0.15) is 19.8 Å². The summed E-state index contributed by atoms with van der Waals surface area (Å²) in [5.41, 5.74) is 0. The summed E-state index contributed by atoms with van der Waals surface area (Å²) >= 11 is 0. The molecule has 3 N–H and O–H groups in total. The standard InChI is InChI=1S/C25H39NO17/c1-15(28)40-20(11-27)24(42-17(3)30)25(43-18(4)31)23(41-16(2)29)19(32)12-37-8-7-36-6-5-26-21(33)13-38-9-10-39-14-22(34)35/h20,23-25,27H,5-14H2,1-4H3,(H,26,33)(H,34,35). The smallest absolute Gasteiger partial charge is 0.329 e. The van der Waals surface area contributed by atoms with Gasteiger partial charge in [0.25, 0.3) is 0 Å². The Bertz CT molecular complexity index is 923. The molecule has 0 aromatic rings. The molecule has 0 aliphatic rings. The number of carboxylic acids is 1. The highest BCUT2D eigenvalue weighted by Gasteiger charge is 2.46. The molecule has 0 rings (SSSR count). The number of ketones is 1. The van der Waals surface area contributed by atoms with Crippen molar-refractivity contribution in [1.29, 1.82) is 0 Å². The van der Waals surface area contributed by atoms with Crippen LogP contribution in [0.3, 0.4) is 0 Å². The highest BCUT2D eigenvalue weighted by atomic mass is 16.6. The molecule has 246 valence electrons. The zero-order valence-corrected chi connectivity index (χ0v) is 24.4. The molecule has 4 atom stereocenters. The van der Waals surface area contributed by atoms with Crippen molar-refractivity contribution in [2.45, 2.75) is 52.1 Å². The van der Waals surface area contributed by atoms with Crippen molar-refractivity contribution in [1.82, 2.24) is 5.32 Å². The Hall–Kier alpha value is -3.71. The largest absolute Gasteiger partial charge is 0.480 e. The van der Waals surface area contributed by atoms with E-state index >= 15 is 0 Å². The van der Waals surface area contributed by atoms with E-state index in [1.807, 2.05) is 0 Å². The second-order valence-corrected chi connectivity index (χ2v) is 8.49. The van der Waals surface area contributed by atoms with Crippen LogP contribution in [0, 0.1) is 0 Å². The van der Waals surface area contributed by atoms with E-state index in [-0.39, 0.29) is 46.2 Å². The Balaban J connectivity index is 4.90. The fraction of sp³-hybridized carbons (Fsp3) is 0.720. The average Bonchev–Trinajstić information content (AvgIpc) is 2.90. The van der Waals surface area contributed by atoms with Gasteiger partial charge in [-0.3, -0.25) is 28.8 Å². The molecule has 0 spiro atoms. The van der Waals surface area contributed by atoms with Crippen LogP contribution in [-0.4, -0.2) is 142 Å². The van der Waals surface area contributed by atoms with E-state index in [9.17, 15) is 38.7 Å². The number of aliphatic hydroxyl groups excluding tert-OH is 1. The van der Waals surface area contributed by atoms with Gasteiger partial charge >= 0.3 is 29.8 Å². The van der Waals surface area contributed by atoms with E-state index < -0.39 is 85.8 Å². The summed E-state index contributed by atoms with van der Waals surface area (Å²) < 4.78 is 40.5. The Labute approximate surface area is 247 Å². The number of amides is 1. The molecule has 0 saturated carbocycles. The summed E-state index contributed by atoms with van der Waals surface area (Å²) in [6.45, 7) is 1.74. The number of carbonyl (C=O) groups excluding carboxylic acids is 6. The highest BCUT2D eigenvalue weighted by molar-refractivity contribution is 5.87. The topological polar surface area (TPSA) is 246 Å². The molecule has 0 aromatic heterocycles. The van der Waals surface area contributed by atoms with Gasteiger partial charge in [-0.1, -0.05) is 0 Å². The second-order valence-electron chi connectivity index (χ2n) is 8.49. The van der Waals surface area contributed by atoms with E-state index in [4.69, 9.17) is 43.0 Å². The Morgan fingerprint density at radius 3 is 1.60 bits per heavy atom. The molecule has 0 saturated heterocycles. The third-order valence-electron chi connectivity index (χ3n) is 4.72. The molecule has 4 unspecified atom stereocenters. The molecule has 0 fully saturated rings. The van der Waals surface area contributed by atoms with Gasteiger partial charge in [0.15, 0.2) is 18.3 Å². The van der Waals surface area contributed by atoms with E-state index in [2.05, 4.69) is 5.32 Å². The van der Waals surface area contributed by atoms with Gasteiger partial charge < -0.3 is 53.4 Å². The van der Waals surface area contributed by atoms with Crippen LogP contribution < -0.4 is 5.32 Å². The average molecular weight is 626 g/mol. The molecule has 1 amide bonds. The fourth-order valence-corrected chi connectivity index (χ4v) is 3.19. The van der Waals surface area contributed by atoms with Gasteiger partial charge in [0, 0.05) is 34.2 Å². The molecule has 0 aromatic carbocycles. The van der Waals surface area contributed by atoms with Crippen LogP contribution in [0.5, 0.6) is 0 Å². The number of hydrogen-bond donors (Lipinski definition) is 3. The van der Waals surface area contributed by atoms with Crippen LogP contribution in [-0.2, 0) is 71.5 Å². The van der Waals surface area contributed by atoms with Crippen molar-refractivity contribution in [3.63, 3.8) is 0 Å². The number of aliphatic carboxylic acids is 1. The van der Waals surface area contributed by atoms with Crippen molar-refractivity contribution >= 4 is 41.5 Å². The number of aliphatic hydroxyl groups is 1. The van der Waals surface area contributed by atoms with Gasteiger partial charge in [0.05, 0.1) is 39.6 Å². The van der Waals surface area contributed by atoms with Crippen molar-refractivity contribution in [2.75, 3.05) is 66.0 Å². The van der Waals surface area contributed by atoms with E-state index in [1.54, 1.807) is 0 Å². The quantitative estimate of drug-likeness (QED) is 0.0572. The van der Waals surface area contributed by atoms with Gasteiger partial charge in [-0.05, 0) is 0 Å². The zero-order chi connectivity index (χ0) is 32.8. The third kappa shape index (κ3) is 19.9. The molecule has 0 radical (unpaired) electrons. The number of esters is 4. The van der Waals surface area contributed by atoms with Crippen LogP contribution in [0.4, 0.5) is 0 Å². The van der Waals surface area contributed by atoms with Gasteiger partial charge in [-0.2, -0.15) is 0 Å². The predicted molar refractivity (Wildman–Crippen MR) is 138 cm³/mol. The van der Waals surface area contributed by atoms with E-state index in [0.29, 0.717) is 0 Å². The van der Waals surface area contributed by atoms with E-state index in [0.717, 1.165) is 27.7 Å². The normalized spacial score (nSPS) is 13.5. The maximum atomic E-state index is 13.0. The number of nitrogens with one attached hydrogen (secondary N) is 1. The molecule has 18 nitrogen and oxygen atoms in total. The molecular formula is C25H39NO17. The molecule has 18 heteroatoms. The first-order valence-electron chi connectivity index (χ1n) is 12.9. The minimum absolute atomic E-state index is 0.0126. The van der Waals surface area contributed by atoms with Crippen molar-refractivity contribution in [2.24, 2.45) is 0 Å². The SMILES string of the molecule is CC(=O)OC(CO)C(OC(C)=O)C(OC(C)=O)C(OC(C)=O)C(=O)COCCOCCNC(=O)COCCOCC(=O)O. The number of carbonyl (C=O) groups is 7. The molecule has 0 bridgehead atoms. The first-order chi connectivity index (χ1) is 20.3. The summed E-state index contributed by atoms with van der Waals surface area (Å²) in [5.74, 6) is -6.23. The minimum Gasteiger partial charge on any atom is -0.480 e. The fourth-order valence-electron chi connectivity index (χ4n) is 3.19. The highest BCUT2D eigenvalue weighted by Crippen LogP contribution is 2.20. The Morgan fingerprint density at radius 1 is 0.605 bits per heavy atom. The maximum absolute atomic E-state index is 13.0. The van der Waals surface area contributed by atoms with Crippen molar-refractivity contribution < 1.29 is 81.7 Å². The summed E-state index contributed by atoms with van der Waals surface area (Å²) in [6, 6.07) is 0. The lowest BCUT2D eigenvalue weighted by atomic mass is 9.99. The number of carboxylic acid groups (broad SMARTS) is 1. The first-order valence-corrected chi connectivity index (χ1v) is 12.9. The Morgan fingerprint density at radius 2 is 1.09 bits per heavy atom. The second kappa shape index (κ2) is 22.8. The van der Waals surface area contributed by atoms with Crippen LogP contribution in [0.25, 0.3) is 0 Å². The molecular weight excluding hydrogens is 586 g/mol. The summed E-state index contributed by atoms with van der Waals surface area (Å²) in [7, 11) is 0. The lowest BCUT2D eigenvalue weighted by Crippen LogP contribution is -2.55. The van der Waals surface area contributed by atoms with Crippen LogP contribution >= 0.6 is 0 Å². The summed E-state index contributed by atoms with van der Waals surface area (Å²) in [4.78, 5) is 81.8. The summed E-state index contributed by atoms with van der Waals surface area (Å²) in [5, 5.41) is 20.7. The monoisotopic (exact) mass is 625 g/mol. The van der Waals surface area contributed by atoms with Crippen LogP contribution in [0.1, 0.15) is 27.7 Å². The van der Waals surface area contributed by atoms with Crippen LogP contribution in [0.2, 0.25) is 0 Å². The number of Topliss-reactive ketones (excluding diaryl/α,β-unsaturated/α-hetero) is 1. The Kier molecular flexibility index (Phi) is 20.9. The van der Waals surface area contributed by atoms with Gasteiger partial charge in [-0.15, -0.1) is 0 Å². The van der Waals surface area contributed by atoms with Gasteiger partial charge in [0.2, 0.25) is 17.8 Å². The predicted octanol–water partition coefficient (Wildman–Crippen LogP) is -2.46. The van der Waals surface area contributed by atoms with Gasteiger partial charge in [-0.25, -0.2) is 4.79 Å². The first kappa shape index (κ1) is 39.3. The lowest BCUT2D eigenvalue weighted by molar-refractivity contribution is -0.201. The van der Waals surface area contributed by atoms with E-state index in [1.165, 1.54) is 0 Å². The van der Waals surface area contributed by atoms with Crippen molar-refractivity contribution in [3.05, 3.63) is 0 Å². The number of ether oxygens (including phenoxy) is 8. The van der Waals surface area contributed by atoms with Crippen molar-refractivity contribution in [3.8, 4) is 0 Å². The molecule has 0 aliphatic heterocycles. The maximum Gasteiger partial charge on any atom is 0.329 e.